The number of aromatic amines is 1. The summed E-state index contributed by atoms with van der Waals surface area (Å²) in [5.74, 6) is 0.662. The molecule has 0 unspecified atom stereocenters. The molecule has 0 bridgehead atoms. The van der Waals surface area contributed by atoms with Gasteiger partial charge in [0.05, 0.1) is 6.54 Å². The summed E-state index contributed by atoms with van der Waals surface area (Å²) in [7, 11) is 1.80. The van der Waals surface area contributed by atoms with E-state index in [0.717, 1.165) is 0 Å². The van der Waals surface area contributed by atoms with Crippen molar-refractivity contribution < 1.29 is 0 Å². The first-order valence-corrected chi connectivity index (χ1v) is 3.02. The van der Waals surface area contributed by atoms with Gasteiger partial charge in [-0.2, -0.15) is 0 Å². The molecule has 1 aromatic heterocycles. The normalized spacial score (nSPS) is 9.70. The Hall–Kier alpha value is -1.16. The summed E-state index contributed by atoms with van der Waals surface area (Å²) in [4.78, 5) is 17.1. The van der Waals surface area contributed by atoms with Crippen molar-refractivity contribution in [1.29, 1.82) is 0 Å². The van der Waals surface area contributed by atoms with Crippen LogP contribution in [0.5, 0.6) is 0 Å². The lowest BCUT2D eigenvalue weighted by Gasteiger charge is -1.95. The van der Waals surface area contributed by atoms with E-state index in [2.05, 4.69) is 15.3 Å². The monoisotopic (exact) mass is 139 g/mol. The maximum absolute atomic E-state index is 10.6. The maximum Gasteiger partial charge on any atom is 0.250 e. The Balaban J connectivity index is 2.85. The topological polar surface area (TPSA) is 57.8 Å². The molecular formula is C6H9N3O. The molecule has 0 saturated carbocycles. The van der Waals surface area contributed by atoms with Crippen LogP contribution in [0, 0.1) is 0 Å². The van der Waals surface area contributed by atoms with Crippen LogP contribution in [0.3, 0.4) is 0 Å². The summed E-state index contributed by atoms with van der Waals surface area (Å²) >= 11 is 0. The highest BCUT2D eigenvalue weighted by Gasteiger charge is 1.89. The Morgan fingerprint density at radius 2 is 2.60 bits per heavy atom. The first-order valence-electron chi connectivity index (χ1n) is 3.02. The predicted molar refractivity (Wildman–Crippen MR) is 37.6 cm³/mol. The second-order valence-electron chi connectivity index (χ2n) is 1.91. The number of rotatable bonds is 2. The third kappa shape index (κ3) is 1.66. The summed E-state index contributed by atoms with van der Waals surface area (Å²) < 4.78 is 0. The Morgan fingerprint density at radius 1 is 1.80 bits per heavy atom. The van der Waals surface area contributed by atoms with E-state index in [4.69, 9.17) is 0 Å². The van der Waals surface area contributed by atoms with Crippen LogP contribution in [0.4, 0.5) is 0 Å². The molecule has 2 N–H and O–H groups in total. The fourth-order valence-electron chi connectivity index (χ4n) is 0.668. The summed E-state index contributed by atoms with van der Waals surface area (Å²) in [6.07, 6.45) is 1.49. The molecule has 0 atom stereocenters. The van der Waals surface area contributed by atoms with Crippen LogP contribution in [0.15, 0.2) is 17.1 Å². The van der Waals surface area contributed by atoms with Gasteiger partial charge in [0.25, 0.3) is 5.56 Å². The van der Waals surface area contributed by atoms with Crippen molar-refractivity contribution in [2.45, 2.75) is 6.54 Å². The standard InChI is InChI=1S/C6H9N3O/c1-7-4-5-8-3-2-6(10)9-5/h2-3,7H,4H2,1H3,(H,8,9,10). The van der Waals surface area contributed by atoms with Gasteiger partial charge in [-0.1, -0.05) is 0 Å². The van der Waals surface area contributed by atoms with E-state index >= 15 is 0 Å². The average molecular weight is 139 g/mol. The fourth-order valence-corrected chi connectivity index (χ4v) is 0.668. The third-order valence-corrected chi connectivity index (χ3v) is 1.07. The minimum absolute atomic E-state index is 0.111. The van der Waals surface area contributed by atoms with Gasteiger partial charge in [0.1, 0.15) is 5.82 Å². The van der Waals surface area contributed by atoms with Gasteiger partial charge in [0.2, 0.25) is 0 Å². The van der Waals surface area contributed by atoms with Gasteiger partial charge < -0.3 is 10.3 Å². The molecule has 54 valence electrons. The summed E-state index contributed by atoms with van der Waals surface area (Å²) in [6, 6.07) is 1.39. The number of hydrogen-bond donors (Lipinski definition) is 2. The van der Waals surface area contributed by atoms with Gasteiger partial charge in [0.15, 0.2) is 0 Å². The number of H-pyrrole nitrogens is 1. The van der Waals surface area contributed by atoms with Crippen molar-refractivity contribution in [1.82, 2.24) is 15.3 Å². The van der Waals surface area contributed by atoms with Crippen LogP contribution >= 0.6 is 0 Å². The number of hydrogen-bond acceptors (Lipinski definition) is 3. The van der Waals surface area contributed by atoms with E-state index < -0.39 is 0 Å². The molecule has 1 aromatic rings. The minimum atomic E-state index is -0.111. The zero-order chi connectivity index (χ0) is 7.40. The molecule has 0 amide bonds. The van der Waals surface area contributed by atoms with Crippen LogP contribution in [-0.4, -0.2) is 17.0 Å². The van der Waals surface area contributed by atoms with Crippen LogP contribution in [0.1, 0.15) is 5.82 Å². The van der Waals surface area contributed by atoms with E-state index in [9.17, 15) is 4.79 Å². The first-order chi connectivity index (χ1) is 4.83. The second kappa shape index (κ2) is 3.12. The van der Waals surface area contributed by atoms with Crippen molar-refractivity contribution >= 4 is 0 Å². The van der Waals surface area contributed by atoms with Crippen LogP contribution in [0.2, 0.25) is 0 Å². The van der Waals surface area contributed by atoms with E-state index in [0.29, 0.717) is 12.4 Å². The first kappa shape index (κ1) is 6.95. The molecule has 0 saturated heterocycles. The van der Waals surface area contributed by atoms with E-state index in [1.54, 1.807) is 7.05 Å². The van der Waals surface area contributed by atoms with Gasteiger partial charge in [-0.05, 0) is 7.05 Å². The molecular weight excluding hydrogens is 130 g/mol. The zero-order valence-electron chi connectivity index (χ0n) is 5.72. The average Bonchev–Trinajstić information content (AvgIpc) is 1.88. The molecule has 0 aliphatic heterocycles. The molecule has 1 heterocycles. The number of aromatic nitrogens is 2. The molecule has 4 heteroatoms. The van der Waals surface area contributed by atoms with Crippen LogP contribution in [0.25, 0.3) is 0 Å². The summed E-state index contributed by atoms with van der Waals surface area (Å²) in [5, 5.41) is 2.88. The van der Waals surface area contributed by atoms with Crippen molar-refractivity contribution in [3.05, 3.63) is 28.4 Å². The second-order valence-corrected chi connectivity index (χ2v) is 1.91. The fraction of sp³-hybridized carbons (Fsp3) is 0.333. The Morgan fingerprint density at radius 3 is 3.20 bits per heavy atom. The maximum atomic E-state index is 10.6. The Bertz CT molecular complexity index is 255. The van der Waals surface area contributed by atoms with Crippen LogP contribution in [-0.2, 0) is 6.54 Å². The van der Waals surface area contributed by atoms with Gasteiger partial charge in [-0.15, -0.1) is 0 Å². The molecule has 10 heavy (non-hydrogen) atoms. The summed E-state index contributed by atoms with van der Waals surface area (Å²) in [5.41, 5.74) is -0.111. The van der Waals surface area contributed by atoms with Gasteiger partial charge in [-0.3, -0.25) is 4.79 Å². The smallest absolute Gasteiger partial charge is 0.250 e. The quantitative estimate of drug-likeness (QED) is 0.580. The minimum Gasteiger partial charge on any atom is -0.313 e. The molecule has 0 aromatic carbocycles. The van der Waals surface area contributed by atoms with Gasteiger partial charge >= 0.3 is 0 Å². The zero-order valence-corrected chi connectivity index (χ0v) is 5.72. The Kier molecular flexibility index (Phi) is 2.17. The van der Waals surface area contributed by atoms with Crippen molar-refractivity contribution in [2.75, 3.05) is 7.05 Å². The van der Waals surface area contributed by atoms with E-state index in [1.165, 1.54) is 12.3 Å². The van der Waals surface area contributed by atoms with Crippen molar-refractivity contribution in [2.24, 2.45) is 0 Å². The van der Waals surface area contributed by atoms with Crippen molar-refractivity contribution in [3.8, 4) is 0 Å². The highest BCUT2D eigenvalue weighted by Crippen LogP contribution is 1.79. The highest BCUT2D eigenvalue weighted by molar-refractivity contribution is 4.88. The molecule has 0 fully saturated rings. The van der Waals surface area contributed by atoms with E-state index in [-0.39, 0.29) is 5.56 Å². The van der Waals surface area contributed by atoms with Crippen molar-refractivity contribution in [3.63, 3.8) is 0 Å². The lowest BCUT2D eigenvalue weighted by atomic mass is 10.5. The molecule has 0 radical (unpaired) electrons. The third-order valence-electron chi connectivity index (χ3n) is 1.07. The lowest BCUT2D eigenvalue weighted by molar-refractivity contribution is 0.752. The van der Waals surface area contributed by atoms with E-state index in [1.807, 2.05) is 0 Å². The SMILES string of the molecule is CNCc1nccc(=O)[nH]1. The molecule has 0 aliphatic carbocycles. The summed E-state index contributed by atoms with van der Waals surface area (Å²) in [6.45, 7) is 0.593. The Labute approximate surface area is 58.3 Å². The highest BCUT2D eigenvalue weighted by atomic mass is 16.1. The largest absolute Gasteiger partial charge is 0.313 e. The molecule has 0 aliphatic rings. The van der Waals surface area contributed by atoms with Gasteiger partial charge in [0, 0.05) is 12.3 Å². The molecule has 1 rings (SSSR count). The predicted octanol–water partition coefficient (Wildman–Crippen LogP) is -0.511. The lowest BCUT2D eigenvalue weighted by Crippen LogP contribution is -2.14. The number of nitrogens with one attached hydrogen (secondary N) is 2. The molecule has 4 nitrogen and oxygen atoms in total. The van der Waals surface area contributed by atoms with Gasteiger partial charge in [-0.25, -0.2) is 4.98 Å². The van der Waals surface area contributed by atoms with Crippen LogP contribution < -0.4 is 10.9 Å². The molecule has 0 spiro atoms. The number of nitrogens with zero attached hydrogens (tertiary/aromatic N) is 1.